The minimum Gasteiger partial charge on any atom is -0.388 e. The molecule has 2 heterocycles. The minimum absolute atomic E-state index is 0.395. The van der Waals surface area contributed by atoms with Crippen LogP contribution in [-0.4, -0.2) is 19.9 Å². The maximum atomic E-state index is 10.4. The maximum absolute atomic E-state index is 10.4. The molecule has 0 aliphatic carbocycles. The monoisotopic (exact) mass is 273 g/mol. The standard InChI is InChI=1S/C16H23N3O/c1-5-13(4)19-7-6-15(18-19)10-16(20)14-8-11(2)17-12(3)9-14/h6-9,13,16,20H,5,10H2,1-4H3. The van der Waals surface area contributed by atoms with E-state index in [1.807, 2.05) is 42.9 Å². The summed E-state index contributed by atoms with van der Waals surface area (Å²) in [6, 6.07) is 6.24. The number of hydrogen-bond acceptors (Lipinski definition) is 3. The van der Waals surface area contributed by atoms with Gasteiger partial charge in [-0.1, -0.05) is 6.92 Å². The second-order valence-electron chi connectivity index (χ2n) is 5.45. The maximum Gasteiger partial charge on any atom is 0.0847 e. The molecule has 0 spiro atoms. The van der Waals surface area contributed by atoms with E-state index in [0.29, 0.717) is 12.5 Å². The number of aromatic nitrogens is 3. The fourth-order valence-corrected chi connectivity index (χ4v) is 2.29. The molecule has 0 amide bonds. The molecule has 4 heteroatoms. The van der Waals surface area contributed by atoms with E-state index >= 15 is 0 Å². The first-order valence-corrected chi connectivity index (χ1v) is 7.17. The molecule has 0 saturated heterocycles. The van der Waals surface area contributed by atoms with Crippen LogP contribution < -0.4 is 0 Å². The summed E-state index contributed by atoms with van der Waals surface area (Å²) in [4.78, 5) is 4.33. The Labute approximate surface area is 120 Å². The van der Waals surface area contributed by atoms with Crippen LogP contribution in [0.2, 0.25) is 0 Å². The third-order valence-electron chi connectivity index (χ3n) is 3.60. The molecule has 0 aliphatic rings. The first kappa shape index (κ1) is 14.7. The Balaban J connectivity index is 2.11. The van der Waals surface area contributed by atoms with E-state index < -0.39 is 6.10 Å². The molecule has 0 bridgehead atoms. The number of aryl methyl sites for hydroxylation is 2. The number of rotatable bonds is 5. The van der Waals surface area contributed by atoms with Crippen LogP contribution in [0.4, 0.5) is 0 Å². The summed E-state index contributed by atoms with van der Waals surface area (Å²) in [5.41, 5.74) is 3.70. The molecular weight excluding hydrogens is 250 g/mol. The van der Waals surface area contributed by atoms with Crippen LogP contribution in [0.3, 0.4) is 0 Å². The van der Waals surface area contributed by atoms with Crippen molar-refractivity contribution >= 4 is 0 Å². The quantitative estimate of drug-likeness (QED) is 0.910. The van der Waals surface area contributed by atoms with Crippen molar-refractivity contribution in [1.29, 1.82) is 0 Å². The number of pyridine rings is 1. The fourth-order valence-electron chi connectivity index (χ4n) is 2.29. The predicted octanol–water partition coefficient (Wildman–Crippen LogP) is 3.14. The van der Waals surface area contributed by atoms with Crippen LogP contribution in [0, 0.1) is 13.8 Å². The summed E-state index contributed by atoms with van der Waals surface area (Å²) >= 11 is 0. The summed E-state index contributed by atoms with van der Waals surface area (Å²) in [5, 5.41) is 14.9. The molecular formula is C16H23N3O. The van der Waals surface area contributed by atoms with Gasteiger partial charge in [0.25, 0.3) is 0 Å². The van der Waals surface area contributed by atoms with Gasteiger partial charge in [0, 0.05) is 30.0 Å². The van der Waals surface area contributed by atoms with Gasteiger partial charge in [-0.15, -0.1) is 0 Å². The SMILES string of the molecule is CCC(C)n1ccc(CC(O)c2cc(C)nc(C)c2)n1. The van der Waals surface area contributed by atoms with Gasteiger partial charge in [-0.05, 0) is 51.0 Å². The molecule has 2 aromatic heterocycles. The largest absolute Gasteiger partial charge is 0.388 e. The second-order valence-corrected chi connectivity index (χ2v) is 5.45. The third kappa shape index (κ3) is 3.45. The Morgan fingerprint density at radius 2 is 1.90 bits per heavy atom. The van der Waals surface area contributed by atoms with Crippen molar-refractivity contribution in [3.05, 3.63) is 47.0 Å². The minimum atomic E-state index is -0.532. The molecule has 108 valence electrons. The van der Waals surface area contributed by atoms with Gasteiger partial charge in [0.05, 0.1) is 11.8 Å². The van der Waals surface area contributed by atoms with E-state index in [0.717, 1.165) is 29.1 Å². The van der Waals surface area contributed by atoms with Crippen molar-refractivity contribution < 1.29 is 5.11 Å². The number of aliphatic hydroxyl groups is 1. The summed E-state index contributed by atoms with van der Waals surface area (Å²) in [7, 11) is 0. The molecule has 2 atom stereocenters. The Hall–Kier alpha value is -1.68. The highest BCUT2D eigenvalue weighted by Gasteiger charge is 2.13. The number of aliphatic hydroxyl groups excluding tert-OH is 1. The van der Waals surface area contributed by atoms with Gasteiger partial charge in [-0.2, -0.15) is 5.10 Å². The molecule has 1 N–H and O–H groups in total. The highest BCUT2D eigenvalue weighted by molar-refractivity contribution is 5.23. The molecule has 2 aromatic rings. The van der Waals surface area contributed by atoms with Crippen LogP contribution in [0.1, 0.15) is 55.1 Å². The van der Waals surface area contributed by atoms with Crippen LogP contribution >= 0.6 is 0 Å². The van der Waals surface area contributed by atoms with E-state index in [2.05, 4.69) is 23.9 Å². The van der Waals surface area contributed by atoms with Crippen LogP contribution in [0.15, 0.2) is 24.4 Å². The lowest BCUT2D eigenvalue weighted by molar-refractivity contribution is 0.176. The van der Waals surface area contributed by atoms with Crippen molar-refractivity contribution in [3.8, 4) is 0 Å². The van der Waals surface area contributed by atoms with Crippen molar-refractivity contribution in [2.45, 2.75) is 52.7 Å². The average Bonchev–Trinajstić information content (AvgIpc) is 2.85. The van der Waals surface area contributed by atoms with E-state index in [4.69, 9.17) is 0 Å². The van der Waals surface area contributed by atoms with Crippen molar-refractivity contribution in [3.63, 3.8) is 0 Å². The summed E-state index contributed by atoms with van der Waals surface area (Å²) in [6.07, 6.45) is 3.04. The van der Waals surface area contributed by atoms with E-state index in [1.165, 1.54) is 0 Å². The van der Waals surface area contributed by atoms with E-state index in [1.54, 1.807) is 0 Å². The zero-order valence-electron chi connectivity index (χ0n) is 12.7. The van der Waals surface area contributed by atoms with Gasteiger partial charge in [-0.25, -0.2) is 0 Å². The van der Waals surface area contributed by atoms with Crippen molar-refractivity contribution in [2.24, 2.45) is 0 Å². The Bertz CT molecular complexity index is 557. The van der Waals surface area contributed by atoms with Gasteiger partial charge in [0.2, 0.25) is 0 Å². The molecule has 0 saturated carbocycles. The second kappa shape index (κ2) is 6.18. The summed E-state index contributed by atoms with van der Waals surface area (Å²) in [5.74, 6) is 0. The van der Waals surface area contributed by atoms with Crippen molar-refractivity contribution in [1.82, 2.24) is 14.8 Å². The van der Waals surface area contributed by atoms with Gasteiger partial charge >= 0.3 is 0 Å². The number of nitrogens with zero attached hydrogens (tertiary/aromatic N) is 3. The van der Waals surface area contributed by atoms with Gasteiger partial charge in [0.15, 0.2) is 0 Å². The van der Waals surface area contributed by atoms with Gasteiger partial charge < -0.3 is 5.11 Å². The predicted molar refractivity (Wildman–Crippen MR) is 79.6 cm³/mol. The number of hydrogen-bond donors (Lipinski definition) is 1. The van der Waals surface area contributed by atoms with Gasteiger partial charge in [0.1, 0.15) is 0 Å². The molecule has 0 fully saturated rings. The zero-order chi connectivity index (χ0) is 14.7. The lowest BCUT2D eigenvalue weighted by Gasteiger charge is -2.12. The molecule has 0 aromatic carbocycles. The van der Waals surface area contributed by atoms with E-state index in [9.17, 15) is 5.11 Å². The first-order valence-electron chi connectivity index (χ1n) is 7.17. The van der Waals surface area contributed by atoms with E-state index in [-0.39, 0.29) is 0 Å². The molecule has 0 radical (unpaired) electrons. The third-order valence-corrected chi connectivity index (χ3v) is 3.60. The highest BCUT2D eigenvalue weighted by Crippen LogP contribution is 2.19. The van der Waals surface area contributed by atoms with Gasteiger partial charge in [-0.3, -0.25) is 9.67 Å². The fraction of sp³-hybridized carbons (Fsp3) is 0.500. The first-order chi connectivity index (χ1) is 9.49. The highest BCUT2D eigenvalue weighted by atomic mass is 16.3. The Morgan fingerprint density at radius 3 is 2.50 bits per heavy atom. The summed E-state index contributed by atoms with van der Waals surface area (Å²) < 4.78 is 1.96. The Morgan fingerprint density at radius 1 is 1.25 bits per heavy atom. The zero-order valence-corrected chi connectivity index (χ0v) is 12.7. The molecule has 2 unspecified atom stereocenters. The van der Waals surface area contributed by atoms with Crippen molar-refractivity contribution in [2.75, 3.05) is 0 Å². The molecule has 4 nitrogen and oxygen atoms in total. The average molecular weight is 273 g/mol. The summed E-state index contributed by atoms with van der Waals surface area (Å²) in [6.45, 7) is 8.17. The topological polar surface area (TPSA) is 50.9 Å². The Kier molecular flexibility index (Phi) is 4.55. The van der Waals surface area contributed by atoms with Crippen LogP contribution in [-0.2, 0) is 6.42 Å². The molecule has 20 heavy (non-hydrogen) atoms. The molecule has 0 aliphatic heterocycles. The lowest BCUT2D eigenvalue weighted by atomic mass is 10.0. The smallest absolute Gasteiger partial charge is 0.0847 e. The molecule has 2 rings (SSSR count). The normalized spacial score (nSPS) is 14.2. The lowest BCUT2D eigenvalue weighted by Crippen LogP contribution is -2.07. The van der Waals surface area contributed by atoms with Crippen LogP contribution in [0.5, 0.6) is 0 Å². The van der Waals surface area contributed by atoms with Crippen LogP contribution in [0.25, 0.3) is 0 Å².